The molecule has 10 nitrogen and oxygen atoms in total. The molecular weight excluding hydrogens is 537 g/mol. The number of carbonyl (C=O) groups excluding carboxylic acids is 1. The van der Waals surface area contributed by atoms with Gasteiger partial charge in [-0.2, -0.15) is 28.4 Å². The molecule has 3 heterocycles. The van der Waals surface area contributed by atoms with Crippen molar-refractivity contribution in [2.45, 2.75) is 20.0 Å². The smallest absolute Gasteiger partial charge is 0.323 e. The third-order valence-corrected chi connectivity index (χ3v) is 6.17. The number of benzene rings is 2. The topological polar surface area (TPSA) is 138 Å². The minimum absolute atomic E-state index is 0.136. The standard InChI is InChI=1S/C28H19F3N8O2/c1-15-6-7-20(35-25(40)18-4-3-5-19(9-18)28(29,30)31)10-23(15)39-16(2)22-14-34-26(37-24(22)38-27(39)41)36-21-8-17(11-32)12-33-13-21/h3-10,12-14H,1-2H3,(H,35,40)(H,36,37,38,41). The van der Waals surface area contributed by atoms with Gasteiger partial charge in [0.2, 0.25) is 5.95 Å². The van der Waals surface area contributed by atoms with Crippen molar-refractivity contribution in [1.29, 1.82) is 5.26 Å². The molecule has 1 amide bonds. The zero-order valence-corrected chi connectivity index (χ0v) is 21.5. The SMILES string of the molecule is Cc1ccc(NC(=O)c2cccc(C(F)(F)F)c2)cc1-n1c(C)c2cnc(Nc3cncc(C#N)c3)nc2nc1=O. The van der Waals surface area contributed by atoms with Crippen LogP contribution < -0.4 is 16.3 Å². The minimum atomic E-state index is -4.59. The van der Waals surface area contributed by atoms with E-state index in [0.29, 0.717) is 33.6 Å². The van der Waals surface area contributed by atoms with Crippen molar-refractivity contribution in [3.63, 3.8) is 0 Å². The van der Waals surface area contributed by atoms with Gasteiger partial charge in [0.25, 0.3) is 5.91 Å². The lowest BCUT2D eigenvalue weighted by Crippen LogP contribution is -2.25. The van der Waals surface area contributed by atoms with Crippen LogP contribution in [0.25, 0.3) is 16.7 Å². The van der Waals surface area contributed by atoms with E-state index < -0.39 is 23.3 Å². The Morgan fingerprint density at radius 3 is 2.56 bits per heavy atom. The third-order valence-electron chi connectivity index (χ3n) is 6.17. The Kier molecular flexibility index (Phi) is 6.90. The Bertz CT molecular complexity index is 1930. The highest BCUT2D eigenvalue weighted by atomic mass is 19.4. The Labute approximate surface area is 230 Å². The van der Waals surface area contributed by atoms with Gasteiger partial charge in [-0.05, 0) is 55.8 Å². The maximum absolute atomic E-state index is 13.2. The van der Waals surface area contributed by atoms with Gasteiger partial charge in [-0.3, -0.25) is 14.3 Å². The van der Waals surface area contributed by atoms with Crippen LogP contribution in [-0.4, -0.2) is 30.4 Å². The molecule has 0 radical (unpaired) electrons. The number of hydrogen-bond acceptors (Lipinski definition) is 8. The average Bonchev–Trinajstić information content (AvgIpc) is 2.94. The van der Waals surface area contributed by atoms with Crippen LogP contribution in [0.2, 0.25) is 0 Å². The number of anilines is 3. The van der Waals surface area contributed by atoms with Crippen LogP contribution in [0.3, 0.4) is 0 Å². The molecule has 0 fully saturated rings. The number of alkyl halides is 3. The fraction of sp³-hybridized carbons (Fsp3) is 0.107. The zero-order chi connectivity index (χ0) is 29.3. The molecular formula is C28H19F3N8O2. The highest BCUT2D eigenvalue weighted by Crippen LogP contribution is 2.30. The van der Waals surface area contributed by atoms with E-state index in [1.54, 1.807) is 32.0 Å². The number of rotatable bonds is 5. The first-order valence-electron chi connectivity index (χ1n) is 12.0. The molecule has 204 valence electrons. The Morgan fingerprint density at radius 2 is 1.80 bits per heavy atom. The quantitative estimate of drug-likeness (QED) is 0.306. The van der Waals surface area contributed by atoms with Crippen LogP contribution in [0, 0.1) is 25.2 Å². The summed E-state index contributed by atoms with van der Waals surface area (Å²) in [5, 5.41) is 15.1. The predicted molar refractivity (Wildman–Crippen MR) is 144 cm³/mol. The number of amides is 1. The first kappa shape index (κ1) is 26.9. The second-order valence-electron chi connectivity index (χ2n) is 8.98. The van der Waals surface area contributed by atoms with E-state index in [-0.39, 0.29) is 22.8 Å². The molecule has 0 unspecified atom stereocenters. The lowest BCUT2D eigenvalue weighted by atomic mass is 10.1. The van der Waals surface area contributed by atoms with Crippen LogP contribution in [0.1, 0.15) is 32.7 Å². The van der Waals surface area contributed by atoms with Gasteiger partial charge in [-0.15, -0.1) is 0 Å². The predicted octanol–water partition coefficient (Wildman–Crippen LogP) is 5.07. The van der Waals surface area contributed by atoms with Crippen molar-refractivity contribution >= 4 is 34.3 Å². The molecule has 0 aliphatic rings. The number of nitrogens with zero attached hydrogens (tertiary/aromatic N) is 6. The maximum atomic E-state index is 13.2. The first-order chi connectivity index (χ1) is 19.5. The summed E-state index contributed by atoms with van der Waals surface area (Å²) < 4.78 is 40.6. The highest BCUT2D eigenvalue weighted by Gasteiger charge is 2.31. The fourth-order valence-corrected chi connectivity index (χ4v) is 4.13. The van der Waals surface area contributed by atoms with E-state index in [0.717, 1.165) is 18.2 Å². The van der Waals surface area contributed by atoms with Gasteiger partial charge in [-0.25, -0.2) is 9.78 Å². The van der Waals surface area contributed by atoms with Gasteiger partial charge in [0, 0.05) is 29.3 Å². The summed E-state index contributed by atoms with van der Waals surface area (Å²) in [6.07, 6.45) is -0.186. The van der Waals surface area contributed by atoms with Gasteiger partial charge < -0.3 is 10.6 Å². The van der Waals surface area contributed by atoms with Gasteiger partial charge in [0.1, 0.15) is 6.07 Å². The minimum Gasteiger partial charge on any atom is -0.323 e. The average molecular weight is 557 g/mol. The first-order valence-corrected chi connectivity index (χ1v) is 12.0. The molecule has 0 atom stereocenters. The molecule has 5 aromatic rings. The highest BCUT2D eigenvalue weighted by molar-refractivity contribution is 6.04. The largest absolute Gasteiger partial charge is 0.416 e. The second-order valence-corrected chi connectivity index (χ2v) is 8.98. The molecule has 5 rings (SSSR count). The van der Waals surface area contributed by atoms with Crippen molar-refractivity contribution in [3.8, 4) is 11.8 Å². The zero-order valence-electron chi connectivity index (χ0n) is 21.5. The Balaban J connectivity index is 1.47. The number of halogens is 3. The summed E-state index contributed by atoms with van der Waals surface area (Å²) in [5.41, 5.74) is 1.04. The van der Waals surface area contributed by atoms with Crippen molar-refractivity contribution in [2.24, 2.45) is 0 Å². The number of hydrogen-bond donors (Lipinski definition) is 2. The van der Waals surface area contributed by atoms with Crippen molar-refractivity contribution in [3.05, 3.63) is 106 Å². The van der Waals surface area contributed by atoms with Gasteiger partial charge in [0.15, 0.2) is 5.65 Å². The Morgan fingerprint density at radius 1 is 1.00 bits per heavy atom. The summed E-state index contributed by atoms with van der Waals surface area (Å²) in [5.74, 6) is -0.593. The van der Waals surface area contributed by atoms with Crippen LogP contribution in [-0.2, 0) is 6.18 Å². The molecule has 0 saturated heterocycles. The van der Waals surface area contributed by atoms with E-state index in [1.165, 1.54) is 35.3 Å². The summed E-state index contributed by atoms with van der Waals surface area (Å²) >= 11 is 0. The number of pyridine rings is 1. The van der Waals surface area contributed by atoms with Gasteiger partial charge in [-0.1, -0.05) is 12.1 Å². The lowest BCUT2D eigenvalue weighted by Gasteiger charge is -2.16. The van der Waals surface area contributed by atoms with Crippen LogP contribution >= 0.6 is 0 Å². The molecule has 0 saturated carbocycles. The van der Waals surface area contributed by atoms with E-state index in [1.807, 2.05) is 6.07 Å². The molecule has 41 heavy (non-hydrogen) atoms. The summed E-state index contributed by atoms with van der Waals surface area (Å²) in [6, 6.07) is 12.4. The van der Waals surface area contributed by atoms with Gasteiger partial charge >= 0.3 is 11.9 Å². The summed E-state index contributed by atoms with van der Waals surface area (Å²) in [6.45, 7) is 3.45. The molecule has 0 aliphatic heterocycles. The molecule has 0 aliphatic carbocycles. The van der Waals surface area contributed by atoms with E-state index in [4.69, 9.17) is 5.26 Å². The van der Waals surface area contributed by atoms with Crippen LogP contribution in [0.4, 0.5) is 30.5 Å². The third kappa shape index (κ3) is 5.57. The molecule has 2 N–H and O–H groups in total. The number of nitriles is 1. The number of aromatic nitrogens is 5. The van der Waals surface area contributed by atoms with E-state index >= 15 is 0 Å². The van der Waals surface area contributed by atoms with Gasteiger partial charge in [0.05, 0.1) is 34.1 Å². The number of carbonyl (C=O) groups is 1. The molecule has 13 heteroatoms. The normalized spacial score (nSPS) is 11.2. The Hall–Kier alpha value is -5.64. The fourth-order valence-electron chi connectivity index (χ4n) is 4.13. The number of aryl methyl sites for hydroxylation is 2. The summed E-state index contributed by atoms with van der Waals surface area (Å²) in [4.78, 5) is 42.6. The number of nitrogens with one attached hydrogen (secondary N) is 2. The van der Waals surface area contributed by atoms with Crippen LogP contribution in [0.15, 0.2) is 71.9 Å². The second kappa shape index (κ2) is 10.5. The summed E-state index contributed by atoms with van der Waals surface area (Å²) in [7, 11) is 0. The lowest BCUT2D eigenvalue weighted by molar-refractivity contribution is -0.137. The molecule has 3 aromatic heterocycles. The maximum Gasteiger partial charge on any atom is 0.416 e. The van der Waals surface area contributed by atoms with Crippen LogP contribution in [0.5, 0.6) is 0 Å². The molecule has 2 aromatic carbocycles. The van der Waals surface area contributed by atoms with E-state index in [2.05, 4.69) is 30.6 Å². The van der Waals surface area contributed by atoms with Crippen molar-refractivity contribution in [2.75, 3.05) is 10.6 Å². The molecule has 0 spiro atoms. The number of fused-ring (bicyclic) bond motifs is 1. The molecule has 0 bridgehead atoms. The van der Waals surface area contributed by atoms with Crippen molar-refractivity contribution in [1.82, 2.24) is 24.5 Å². The monoisotopic (exact) mass is 556 g/mol. The van der Waals surface area contributed by atoms with E-state index in [9.17, 15) is 22.8 Å². The van der Waals surface area contributed by atoms with Crippen molar-refractivity contribution < 1.29 is 18.0 Å².